The van der Waals surface area contributed by atoms with Crippen molar-refractivity contribution in [3.63, 3.8) is 0 Å². The summed E-state index contributed by atoms with van der Waals surface area (Å²) in [5.74, 6) is 1.61. The van der Waals surface area contributed by atoms with Gasteiger partial charge < -0.3 is 9.64 Å². The highest BCUT2D eigenvalue weighted by Crippen LogP contribution is 2.34. The van der Waals surface area contributed by atoms with Crippen molar-refractivity contribution in [2.75, 3.05) is 24.6 Å². The van der Waals surface area contributed by atoms with E-state index in [1.165, 1.54) is 11.3 Å². The molecule has 0 bridgehead atoms. The van der Waals surface area contributed by atoms with Crippen molar-refractivity contribution in [3.05, 3.63) is 23.8 Å². The summed E-state index contributed by atoms with van der Waals surface area (Å²) in [6.45, 7) is 9.51. The van der Waals surface area contributed by atoms with Crippen molar-refractivity contribution in [3.8, 4) is 5.75 Å². The van der Waals surface area contributed by atoms with Crippen LogP contribution in [-0.2, 0) is 0 Å². The lowest BCUT2D eigenvalue weighted by Gasteiger charge is -2.30. The van der Waals surface area contributed by atoms with Crippen LogP contribution in [0.2, 0.25) is 0 Å². The Hall–Kier alpha value is -1.18. The maximum atomic E-state index is 5.65. The molecule has 0 spiro atoms. The summed E-state index contributed by atoms with van der Waals surface area (Å²) >= 11 is 0. The van der Waals surface area contributed by atoms with E-state index < -0.39 is 0 Å². The molecule has 2 heteroatoms. The number of fused-ring (bicyclic) bond motifs is 1. The molecule has 0 fully saturated rings. The minimum absolute atomic E-state index is 0.580. The van der Waals surface area contributed by atoms with Crippen LogP contribution >= 0.6 is 0 Å². The Morgan fingerprint density at radius 1 is 1.40 bits per heavy atom. The van der Waals surface area contributed by atoms with Crippen molar-refractivity contribution >= 4 is 5.69 Å². The molecule has 2 nitrogen and oxygen atoms in total. The van der Waals surface area contributed by atoms with Gasteiger partial charge in [0, 0.05) is 6.54 Å². The molecule has 0 radical (unpaired) electrons. The molecule has 1 aliphatic rings. The van der Waals surface area contributed by atoms with E-state index in [4.69, 9.17) is 4.74 Å². The van der Waals surface area contributed by atoms with Gasteiger partial charge in [-0.25, -0.2) is 0 Å². The van der Waals surface area contributed by atoms with E-state index in [1.54, 1.807) is 0 Å². The Balaban J connectivity index is 2.39. The second-order valence-corrected chi connectivity index (χ2v) is 4.31. The first-order valence-corrected chi connectivity index (χ1v) is 5.74. The van der Waals surface area contributed by atoms with Crippen molar-refractivity contribution in [1.29, 1.82) is 0 Å². The van der Waals surface area contributed by atoms with Gasteiger partial charge in [0.25, 0.3) is 0 Å². The zero-order valence-corrected chi connectivity index (χ0v) is 9.79. The molecule has 0 saturated heterocycles. The van der Waals surface area contributed by atoms with Gasteiger partial charge in [0.05, 0.1) is 12.2 Å². The predicted octanol–water partition coefficient (Wildman–Crippen LogP) is 3.03. The number of likely N-dealkylation sites (N-methyl/N-ethyl adjacent to an activating group) is 1. The number of hydrogen-bond donors (Lipinski definition) is 0. The highest BCUT2D eigenvalue weighted by molar-refractivity contribution is 5.61. The van der Waals surface area contributed by atoms with Crippen LogP contribution in [0.5, 0.6) is 5.75 Å². The first kappa shape index (κ1) is 10.3. The third kappa shape index (κ3) is 1.94. The van der Waals surface area contributed by atoms with Crippen molar-refractivity contribution in [1.82, 2.24) is 0 Å². The van der Waals surface area contributed by atoms with Crippen LogP contribution in [0.4, 0.5) is 5.69 Å². The average Bonchev–Trinajstić information content (AvgIpc) is 2.27. The molecule has 0 atom stereocenters. The molecular formula is C13H19NO. The van der Waals surface area contributed by atoms with Crippen LogP contribution < -0.4 is 9.64 Å². The van der Waals surface area contributed by atoms with E-state index in [9.17, 15) is 0 Å². The minimum Gasteiger partial charge on any atom is -0.490 e. The quantitative estimate of drug-likeness (QED) is 0.736. The molecule has 1 heterocycles. The second-order valence-electron chi connectivity index (χ2n) is 4.31. The summed E-state index contributed by atoms with van der Waals surface area (Å²) < 4.78 is 5.65. The molecule has 0 N–H and O–H groups in total. The van der Waals surface area contributed by atoms with Crippen LogP contribution in [0, 0.1) is 0 Å². The monoisotopic (exact) mass is 205 g/mol. The number of anilines is 1. The molecule has 0 aromatic heterocycles. The summed E-state index contributed by atoms with van der Waals surface area (Å²) in [6, 6.07) is 6.54. The average molecular weight is 205 g/mol. The smallest absolute Gasteiger partial charge is 0.142 e. The SMILES string of the molecule is CCN1CCOc2ccc(C(C)C)cc21. The largest absolute Gasteiger partial charge is 0.490 e. The van der Waals surface area contributed by atoms with Gasteiger partial charge in [-0.2, -0.15) is 0 Å². The summed E-state index contributed by atoms with van der Waals surface area (Å²) in [7, 11) is 0. The first-order valence-electron chi connectivity index (χ1n) is 5.74. The fourth-order valence-corrected chi connectivity index (χ4v) is 1.98. The van der Waals surface area contributed by atoms with Crippen LogP contribution in [0.15, 0.2) is 18.2 Å². The second kappa shape index (κ2) is 4.13. The fraction of sp³-hybridized carbons (Fsp3) is 0.538. The van der Waals surface area contributed by atoms with Crippen molar-refractivity contribution in [2.24, 2.45) is 0 Å². The highest BCUT2D eigenvalue weighted by Gasteiger charge is 2.17. The molecule has 82 valence electrons. The van der Waals surface area contributed by atoms with E-state index in [0.717, 1.165) is 25.4 Å². The van der Waals surface area contributed by atoms with Crippen molar-refractivity contribution < 1.29 is 4.74 Å². The van der Waals surface area contributed by atoms with E-state index in [0.29, 0.717) is 5.92 Å². The van der Waals surface area contributed by atoms with Gasteiger partial charge in [-0.1, -0.05) is 19.9 Å². The number of nitrogens with zero attached hydrogens (tertiary/aromatic N) is 1. The topological polar surface area (TPSA) is 12.5 Å². The van der Waals surface area contributed by atoms with Gasteiger partial charge in [-0.05, 0) is 30.5 Å². The van der Waals surface area contributed by atoms with Crippen LogP contribution in [0.1, 0.15) is 32.3 Å². The summed E-state index contributed by atoms with van der Waals surface area (Å²) in [5, 5.41) is 0. The molecule has 2 rings (SSSR count). The van der Waals surface area contributed by atoms with E-state index >= 15 is 0 Å². The van der Waals surface area contributed by atoms with Crippen LogP contribution in [-0.4, -0.2) is 19.7 Å². The van der Waals surface area contributed by atoms with Crippen LogP contribution in [0.3, 0.4) is 0 Å². The van der Waals surface area contributed by atoms with Crippen molar-refractivity contribution in [2.45, 2.75) is 26.7 Å². The van der Waals surface area contributed by atoms with Gasteiger partial charge >= 0.3 is 0 Å². The van der Waals surface area contributed by atoms with E-state index in [1.807, 2.05) is 0 Å². The molecule has 1 aromatic carbocycles. The van der Waals surface area contributed by atoms with E-state index in [-0.39, 0.29) is 0 Å². The Kier molecular flexibility index (Phi) is 2.85. The number of benzene rings is 1. The van der Waals surface area contributed by atoms with Gasteiger partial charge in [0.1, 0.15) is 12.4 Å². The lowest BCUT2D eigenvalue weighted by Crippen LogP contribution is -2.32. The minimum atomic E-state index is 0.580. The highest BCUT2D eigenvalue weighted by atomic mass is 16.5. The summed E-state index contributed by atoms with van der Waals surface area (Å²) in [6.07, 6.45) is 0. The van der Waals surface area contributed by atoms with Gasteiger partial charge in [-0.3, -0.25) is 0 Å². The fourth-order valence-electron chi connectivity index (χ4n) is 1.98. The summed E-state index contributed by atoms with van der Waals surface area (Å²) in [5.41, 5.74) is 2.65. The normalized spacial score (nSPS) is 15.1. The molecular weight excluding hydrogens is 186 g/mol. The maximum Gasteiger partial charge on any atom is 0.142 e. The van der Waals surface area contributed by atoms with Gasteiger partial charge in [-0.15, -0.1) is 0 Å². The van der Waals surface area contributed by atoms with E-state index in [2.05, 4.69) is 43.9 Å². The molecule has 15 heavy (non-hydrogen) atoms. The summed E-state index contributed by atoms with van der Waals surface area (Å²) in [4.78, 5) is 2.38. The zero-order chi connectivity index (χ0) is 10.8. The lowest BCUT2D eigenvalue weighted by molar-refractivity contribution is 0.308. The Morgan fingerprint density at radius 3 is 2.87 bits per heavy atom. The number of hydrogen-bond acceptors (Lipinski definition) is 2. The third-order valence-electron chi connectivity index (χ3n) is 2.99. The Labute approximate surface area is 91.9 Å². The molecule has 1 aliphatic heterocycles. The molecule has 0 amide bonds. The molecule has 1 aromatic rings. The number of rotatable bonds is 2. The van der Waals surface area contributed by atoms with Gasteiger partial charge in [0.15, 0.2) is 0 Å². The third-order valence-corrected chi connectivity index (χ3v) is 2.99. The number of ether oxygens (including phenoxy) is 1. The first-order chi connectivity index (χ1) is 7.22. The predicted molar refractivity (Wildman–Crippen MR) is 63.9 cm³/mol. The van der Waals surface area contributed by atoms with Gasteiger partial charge in [0.2, 0.25) is 0 Å². The Bertz CT molecular complexity index is 346. The van der Waals surface area contributed by atoms with Crippen LogP contribution in [0.25, 0.3) is 0 Å². The lowest BCUT2D eigenvalue weighted by atomic mass is 10.0. The molecule has 0 saturated carbocycles. The molecule has 0 aliphatic carbocycles. The maximum absolute atomic E-state index is 5.65. The molecule has 0 unspecified atom stereocenters. The Morgan fingerprint density at radius 2 is 2.20 bits per heavy atom. The standard InChI is InChI=1S/C13H19NO/c1-4-14-7-8-15-13-6-5-11(10(2)3)9-12(13)14/h5-6,9-10H,4,7-8H2,1-3H3. The zero-order valence-electron chi connectivity index (χ0n) is 9.79.